The minimum atomic E-state index is -0.175. The second-order valence-electron chi connectivity index (χ2n) is 4.72. The van der Waals surface area contributed by atoms with Gasteiger partial charge in [-0.2, -0.15) is 0 Å². The number of oxazole rings is 1. The summed E-state index contributed by atoms with van der Waals surface area (Å²) in [6, 6.07) is 0. The molecule has 4 nitrogen and oxygen atoms in total. The second-order valence-corrected chi connectivity index (χ2v) is 4.72. The molecule has 0 saturated carbocycles. The van der Waals surface area contributed by atoms with Gasteiger partial charge < -0.3 is 9.52 Å². The monoisotopic (exact) mass is 224 g/mol. The standard InChI is InChI=1S/C12H20N2O2/c1-9-7-13-12(16-9)8-14-5-3-11(4-6-14)10(2)15/h7,10-11,15H,3-6,8H2,1-2H3. The Kier molecular flexibility index (Phi) is 3.61. The third-order valence-electron chi connectivity index (χ3n) is 3.34. The molecule has 90 valence electrons. The van der Waals surface area contributed by atoms with Crippen molar-refractivity contribution in [3.8, 4) is 0 Å². The minimum Gasteiger partial charge on any atom is -0.445 e. The van der Waals surface area contributed by atoms with Crippen LogP contribution in [0.25, 0.3) is 0 Å². The molecule has 16 heavy (non-hydrogen) atoms. The maximum Gasteiger partial charge on any atom is 0.208 e. The van der Waals surface area contributed by atoms with Gasteiger partial charge in [0.1, 0.15) is 5.76 Å². The molecule has 1 fully saturated rings. The van der Waals surface area contributed by atoms with Crippen LogP contribution in [0.4, 0.5) is 0 Å². The highest BCUT2D eigenvalue weighted by molar-refractivity contribution is 4.91. The van der Waals surface area contributed by atoms with Crippen LogP contribution in [0, 0.1) is 12.8 Å². The van der Waals surface area contributed by atoms with Crippen LogP contribution in [0.3, 0.4) is 0 Å². The van der Waals surface area contributed by atoms with Crippen molar-refractivity contribution in [3.05, 3.63) is 17.8 Å². The van der Waals surface area contributed by atoms with E-state index in [1.807, 2.05) is 13.8 Å². The topological polar surface area (TPSA) is 49.5 Å². The molecule has 1 aromatic heterocycles. The van der Waals surface area contributed by atoms with Gasteiger partial charge in [-0.3, -0.25) is 4.90 Å². The van der Waals surface area contributed by atoms with Crippen LogP contribution in [-0.4, -0.2) is 34.2 Å². The van der Waals surface area contributed by atoms with E-state index in [1.54, 1.807) is 6.20 Å². The van der Waals surface area contributed by atoms with Crippen molar-refractivity contribution in [1.82, 2.24) is 9.88 Å². The summed E-state index contributed by atoms with van der Waals surface area (Å²) in [6.07, 6.45) is 3.72. The molecule has 0 aliphatic carbocycles. The van der Waals surface area contributed by atoms with Crippen molar-refractivity contribution in [3.63, 3.8) is 0 Å². The zero-order chi connectivity index (χ0) is 11.5. The summed E-state index contributed by atoms with van der Waals surface area (Å²) >= 11 is 0. The van der Waals surface area contributed by atoms with E-state index in [-0.39, 0.29) is 6.10 Å². The number of hydrogen-bond donors (Lipinski definition) is 1. The van der Waals surface area contributed by atoms with Crippen LogP contribution in [-0.2, 0) is 6.54 Å². The second kappa shape index (κ2) is 4.97. The summed E-state index contributed by atoms with van der Waals surface area (Å²) in [5.74, 6) is 2.13. The van der Waals surface area contributed by atoms with Crippen LogP contribution in [0.1, 0.15) is 31.4 Å². The summed E-state index contributed by atoms with van der Waals surface area (Å²) in [5, 5.41) is 9.51. The number of aryl methyl sites for hydroxylation is 1. The van der Waals surface area contributed by atoms with Gasteiger partial charge >= 0.3 is 0 Å². The number of rotatable bonds is 3. The summed E-state index contributed by atoms with van der Waals surface area (Å²) < 4.78 is 5.46. The minimum absolute atomic E-state index is 0.175. The van der Waals surface area contributed by atoms with E-state index in [0.29, 0.717) is 5.92 Å². The molecule has 4 heteroatoms. The van der Waals surface area contributed by atoms with E-state index < -0.39 is 0 Å². The molecule has 0 amide bonds. The summed E-state index contributed by atoms with van der Waals surface area (Å²) in [5.41, 5.74) is 0. The summed E-state index contributed by atoms with van der Waals surface area (Å²) in [4.78, 5) is 6.54. The van der Waals surface area contributed by atoms with Gasteiger partial charge in [-0.05, 0) is 45.7 Å². The Morgan fingerprint density at radius 2 is 2.25 bits per heavy atom. The van der Waals surface area contributed by atoms with Gasteiger partial charge in [-0.15, -0.1) is 0 Å². The normalized spacial score (nSPS) is 21.2. The van der Waals surface area contributed by atoms with E-state index in [2.05, 4.69) is 9.88 Å². The molecule has 1 aliphatic rings. The quantitative estimate of drug-likeness (QED) is 0.846. The molecule has 0 bridgehead atoms. The molecule has 1 saturated heterocycles. The number of hydrogen-bond acceptors (Lipinski definition) is 4. The maximum absolute atomic E-state index is 9.51. The van der Waals surface area contributed by atoms with Crippen LogP contribution < -0.4 is 0 Å². The first-order valence-electron chi connectivity index (χ1n) is 5.97. The fraction of sp³-hybridized carbons (Fsp3) is 0.750. The van der Waals surface area contributed by atoms with Gasteiger partial charge in [0.2, 0.25) is 5.89 Å². The van der Waals surface area contributed by atoms with E-state index in [0.717, 1.165) is 44.1 Å². The zero-order valence-corrected chi connectivity index (χ0v) is 10.0. The first-order chi connectivity index (χ1) is 7.65. The highest BCUT2D eigenvalue weighted by Crippen LogP contribution is 2.21. The number of aliphatic hydroxyl groups excluding tert-OH is 1. The molecular formula is C12H20N2O2. The molecule has 1 N–H and O–H groups in total. The third-order valence-corrected chi connectivity index (χ3v) is 3.34. The molecular weight excluding hydrogens is 204 g/mol. The van der Waals surface area contributed by atoms with Crippen LogP contribution in [0.15, 0.2) is 10.6 Å². The predicted molar refractivity (Wildman–Crippen MR) is 60.9 cm³/mol. The molecule has 1 aliphatic heterocycles. The average molecular weight is 224 g/mol. The van der Waals surface area contributed by atoms with Crippen molar-refractivity contribution in [2.24, 2.45) is 5.92 Å². The van der Waals surface area contributed by atoms with Gasteiger partial charge in [0, 0.05) is 0 Å². The highest BCUT2D eigenvalue weighted by atomic mass is 16.4. The van der Waals surface area contributed by atoms with E-state index in [1.165, 1.54) is 0 Å². The fourth-order valence-electron chi connectivity index (χ4n) is 2.26. The summed E-state index contributed by atoms with van der Waals surface area (Å²) in [6.45, 7) is 6.64. The molecule has 2 heterocycles. The SMILES string of the molecule is Cc1cnc(CN2CCC(C(C)O)CC2)o1. The fourth-order valence-corrected chi connectivity index (χ4v) is 2.26. The molecule has 0 spiro atoms. The van der Waals surface area contributed by atoms with Gasteiger partial charge in [-0.1, -0.05) is 0 Å². The molecule has 0 radical (unpaired) electrons. The largest absolute Gasteiger partial charge is 0.445 e. The molecule has 2 rings (SSSR count). The van der Waals surface area contributed by atoms with Crippen LogP contribution >= 0.6 is 0 Å². The van der Waals surface area contributed by atoms with Gasteiger partial charge in [0.25, 0.3) is 0 Å². The van der Waals surface area contributed by atoms with Crippen LogP contribution in [0.5, 0.6) is 0 Å². The van der Waals surface area contributed by atoms with Crippen molar-refractivity contribution < 1.29 is 9.52 Å². The number of nitrogens with zero attached hydrogens (tertiary/aromatic N) is 2. The Balaban J connectivity index is 1.81. The van der Waals surface area contributed by atoms with Crippen molar-refractivity contribution in [2.45, 2.75) is 39.3 Å². The lowest BCUT2D eigenvalue weighted by Gasteiger charge is -2.32. The molecule has 1 atom stereocenters. The van der Waals surface area contributed by atoms with Gasteiger partial charge in [0.05, 0.1) is 18.8 Å². The third kappa shape index (κ3) is 2.83. The van der Waals surface area contributed by atoms with Gasteiger partial charge in [-0.25, -0.2) is 4.98 Å². The summed E-state index contributed by atoms with van der Waals surface area (Å²) in [7, 11) is 0. The highest BCUT2D eigenvalue weighted by Gasteiger charge is 2.23. The molecule has 0 aromatic carbocycles. The van der Waals surface area contributed by atoms with Crippen molar-refractivity contribution in [1.29, 1.82) is 0 Å². The first kappa shape index (κ1) is 11.6. The van der Waals surface area contributed by atoms with E-state index in [9.17, 15) is 5.11 Å². The average Bonchev–Trinajstić information content (AvgIpc) is 2.65. The Labute approximate surface area is 96.3 Å². The Hall–Kier alpha value is -0.870. The number of aliphatic hydroxyl groups is 1. The lowest BCUT2D eigenvalue weighted by atomic mass is 9.92. The van der Waals surface area contributed by atoms with Crippen molar-refractivity contribution in [2.75, 3.05) is 13.1 Å². The lowest BCUT2D eigenvalue weighted by Crippen LogP contribution is -2.36. The number of likely N-dealkylation sites (tertiary alicyclic amines) is 1. The van der Waals surface area contributed by atoms with Gasteiger partial charge in [0.15, 0.2) is 0 Å². The lowest BCUT2D eigenvalue weighted by molar-refractivity contribution is 0.0666. The Bertz CT molecular complexity index is 328. The number of aromatic nitrogens is 1. The predicted octanol–water partition coefficient (Wildman–Crippen LogP) is 1.58. The Morgan fingerprint density at radius 3 is 2.75 bits per heavy atom. The Morgan fingerprint density at radius 1 is 1.56 bits per heavy atom. The maximum atomic E-state index is 9.51. The van der Waals surface area contributed by atoms with E-state index >= 15 is 0 Å². The molecule has 1 aromatic rings. The van der Waals surface area contributed by atoms with Crippen molar-refractivity contribution >= 4 is 0 Å². The first-order valence-corrected chi connectivity index (χ1v) is 5.97. The zero-order valence-electron chi connectivity index (χ0n) is 10.0. The molecule has 1 unspecified atom stereocenters. The van der Waals surface area contributed by atoms with Crippen LogP contribution in [0.2, 0.25) is 0 Å². The smallest absolute Gasteiger partial charge is 0.208 e. The number of piperidine rings is 1. The van der Waals surface area contributed by atoms with E-state index in [4.69, 9.17) is 4.42 Å².